The summed E-state index contributed by atoms with van der Waals surface area (Å²) in [4.78, 5) is -0.0430. The molecule has 1 atom stereocenters. The standard InChI is InChI=1S/C16H37NO5SSi/c1-7-20-24(21-8-2,22-9-3)12-10-11-19-14-15(18)13-17-16(4,5)23-6/h15,17-18H,7-14H2,1-6H3. The van der Waals surface area contributed by atoms with Crippen molar-refractivity contribution < 1.29 is 23.1 Å². The number of aliphatic hydroxyl groups excluding tert-OH is 1. The zero-order valence-corrected chi connectivity index (χ0v) is 18.0. The summed E-state index contributed by atoms with van der Waals surface area (Å²) in [5, 5.41) is 13.3. The predicted molar refractivity (Wildman–Crippen MR) is 102 cm³/mol. The van der Waals surface area contributed by atoms with E-state index in [4.69, 9.17) is 18.0 Å². The van der Waals surface area contributed by atoms with Crippen molar-refractivity contribution in [2.75, 3.05) is 45.8 Å². The summed E-state index contributed by atoms with van der Waals surface area (Å²) < 4.78 is 23.0. The van der Waals surface area contributed by atoms with Crippen LogP contribution in [0.2, 0.25) is 6.04 Å². The van der Waals surface area contributed by atoms with Crippen molar-refractivity contribution in [3.8, 4) is 0 Å². The van der Waals surface area contributed by atoms with E-state index in [0.717, 1.165) is 12.5 Å². The van der Waals surface area contributed by atoms with Crippen LogP contribution in [0.5, 0.6) is 0 Å². The van der Waals surface area contributed by atoms with Crippen molar-refractivity contribution >= 4 is 20.6 Å². The van der Waals surface area contributed by atoms with Gasteiger partial charge >= 0.3 is 8.80 Å². The van der Waals surface area contributed by atoms with E-state index in [1.807, 2.05) is 27.0 Å². The highest BCUT2D eigenvalue weighted by Crippen LogP contribution is 2.18. The number of rotatable bonds is 16. The summed E-state index contributed by atoms with van der Waals surface area (Å²) in [6.45, 7) is 13.2. The minimum Gasteiger partial charge on any atom is -0.389 e. The molecular formula is C16H37NO5SSi. The predicted octanol–water partition coefficient (Wildman–Crippen LogP) is 2.49. The number of hydrogen-bond acceptors (Lipinski definition) is 7. The number of hydrogen-bond donors (Lipinski definition) is 2. The van der Waals surface area contributed by atoms with Gasteiger partial charge in [0.1, 0.15) is 0 Å². The van der Waals surface area contributed by atoms with E-state index in [1.165, 1.54) is 0 Å². The van der Waals surface area contributed by atoms with Crippen LogP contribution in [0, 0.1) is 0 Å². The third-order valence-electron chi connectivity index (χ3n) is 3.45. The van der Waals surface area contributed by atoms with Gasteiger partial charge in [-0.15, -0.1) is 11.8 Å². The van der Waals surface area contributed by atoms with Crippen LogP contribution in [0.3, 0.4) is 0 Å². The third-order valence-corrected chi connectivity index (χ3v) is 7.76. The second kappa shape index (κ2) is 13.5. The first-order valence-corrected chi connectivity index (χ1v) is 12.0. The van der Waals surface area contributed by atoms with E-state index >= 15 is 0 Å². The van der Waals surface area contributed by atoms with Gasteiger partial charge in [-0.1, -0.05) is 0 Å². The minimum atomic E-state index is -2.58. The van der Waals surface area contributed by atoms with Crippen LogP contribution in [-0.4, -0.2) is 70.7 Å². The molecule has 0 saturated carbocycles. The maximum atomic E-state index is 9.96. The van der Waals surface area contributed by atoms with Crippen molar-refractivity contribution in [1.29, 1.82) is 0 Å². The molecule has 1 unspecified atom stereocenters. The summed E-state index contributed by atoms with van der Waals surface area (Å²) in [6.07, 6.45) is 2.33. The van der Waals surface area contributed by atoms with Gasteiger partial charge in [0.15, 0.2) is 0 Å². The maximum absolute atomic E-state index is 9.96. The van der Waals surface area contributed by atoms with E-state index < -0.39 is 14.9 Å². The molecule has 0 aliphatic heterocycles. The van der Waals surface area contributed by atoms with Gasteiger partial charge in [0.2, 0.25) is 0 Å². The van der Waals surface area contributed by atoms with Gasteiger partial charge in [-0.05, 0) is 47.3 Å². The Bertz CT molecular complexity index is 293. The molecule has 0 saturated heterocycles. The smallest absolute Gasteiger partial charge is 0.389 e. The van der Waals surface area contributed by atoms with Gasteiger partial charge in [-0.2, -0.15) is 0 Å². The molecule has 0 rings (SSSR count). The summed E-state index contributed by atoms with van der Waals surface area (Å²) >= 11 is 1.72. The Morgan fingerprint density at radius 2 is 1.62 bits per heavy atom. The third kappa shape index (κ3) is 11.0. The van der Waals surface area contributed by atoms with E-state index in [2.05, 4.69) is 19.2 Å². The van der Waals surface area contributed by atoms with Crippen molar-refractivity contribution in [1.82, 2.24) is 5.32 Å². The quantitative estimate of drug-likeness (QED) is 0.241. The number of thioether (sulfide) groups is 1. The lowest BCUT2D eigenvalue weighted by Gasteiger charge is -2.28. The van der Waals surface area contributed by atoms with E-state index in [0.29, 0.717) is 39.6 Å². The summed E-state index contributed by atoms with van der Waals surface area (Å²) in [5.41, 5.74) is 0. The Labute approximate surface area is 153 Å². The summed E-state index contributed by atoms with van der Waals surface area (Å²) in [5.74, 6) is 0. The molecule has 146 valence electrons. The van der Waals surface area contributed by atoms with Gasteiger partial charge in [0.25, 0.3) is 0 Å². The molecule has 8 heteroatoms. The van der Waals surface area contributed by atoms with Crippen LogP contribution < -0.4 is 5.32 Å². The first kappa shape index (κ1) is 24.3. The Morgan fingerprint density at radius 1 is 1.08 bits per heavy atom. The molecule has 0 heterocycles. The van der Waals surface area contributed by atoms with Crippen LogP contribution >= 0.6 is 11.8 Å². The highest BCUT2D eigenvalue weighted by Gasteiger charge is 2.39. The molecule has 0 aromatic rings. The fourth-order valence-corrected chi connectivity index (χ4v) is 4.91. The van der Waals surface area contributed by atoms with Crippen LogP contribution in [0.1, 0.15) is 41.0 Å². The molecule has 0 spiro atoms. The van der Waals surface area contributed by atoms with Crippen LogP contribution in [0.4, 0.5) is 0 Å². The van der Waals surface area contributed by atoms with Gasteiger partial charge in [-0.3, -0.25) is 0 Å². The zero-order chi connectivity index (χ0) is 18.5. The highest BCUT2D eigenvalue weighted by molar-refractivity contribution is 7.99. The lowest BCUT2D eigenvalue weighted by Crippen LogP contribution is -2.46. The summed E-state index contributed by atoms with van der Waals surface area (Å²) in [7, 11) is -2.58. The number of ether oxygens (including phenoxy) is 1. The van der Waals surface area contributed by atoms with Gasteiger partial charge < -0.3 is 28.4 Å². The second-order valence-corrected chi connectivity index (χ2v) is 10.1. The lowest BCUT2D eigenvalue weighted by molar-refractivity contribution is 0.0315. The number of aliphatic hydroxyl groups is 1. The normalized spacial score (nSPS) is 14.1. The summed E-state index contributed by atoms with van der Waals surface area (Å²) in [6, 6.07) is 0.733. The SMILES string of the molecule is CCO[Si](CCCOCC(O)CNC(C)(C)SC)(OCC)OCC. The zero-order valence-electron chi connectivity index (χ0n) is 16.2. The fraction of sp³-hybridized carbons (Fsp3) is 1.00. The van der Waals surface area contributed by atoms with Crippen LogP contribution in [0.15, 0.2) is 0 Å². The Kier molecular flexibility index (Phi) is 13.7. The fourth-order valence-electron chi connectivity index (χ4n) is 2.11. The average Bonchev–Trinajstić information content (AvgIpc) is 2.53. The molecule has 0 bridgehead atoms. The first-order valence-electron chi connectivity index (χ1n) is 8.82. The maximum Gasteiger partial charge on any atom is 0.501 e. The molecule has 0 aromatic carbocycles. The molecule has 0 aliphatic rings. The number of nitrogens with one attached hydrogen (secondary N) is 1. The molecule has 0 aromatic heterocycles. The topological polar surface area (TPSA) is 69.2 Å². The minimum absolute atomic E-state index is 0.0430. The molecule has 2 N–H and O–H groups in total. The lowest BCUT2D eigenvalue weighted by atomic mass is 10.3. The molecule has 6 nitrogen and oxygen atoms in total. The van der Waals surface area contributed by atoms with Gasteiger partial charge in [0, 0.05) is 39.0 Å². The van der Waals surface area contributed by atoms with Crippen molar-refractivity contribution in [3.63, 3.8) is 0 Å². The molecule has 0 fully saturated rings. The highest BCUT2D eigenvalue weighted by atomic mass is 32.2. The van der Waals surface area contributed by atoms with Crippen molar-refractivity contribution in [2.24, 2.45) is 0 Å². The van der Waals surface area contributed by atoms with Crippen molar-refractivity contribution in [3.05, 3.63) is 0 Å². The van der Waals surface area contributed by atoms with Crippen LogP contribution in [0.25, 0.3) is 0 Å². The van der Waals surface area contributed by atoms with E-state index in [-0.39, 0.29) is 4.87 Å². The molecule has 24 heavy (non-hydrogen) atoms. The average molecular weight is 384 g/mol. The molecular weight excluding hydrogens is 346 g/mol. The largest absolute Gasteiger partial charge is 0.501 e. The van der Waals surface area contributed by atoms with E-state index in [1.54, 1.807) is 11.8 Å². The first-order chi connectivity index (χ1) is 11.3. The monoisotopic (exact) mass is 383 g/mol. The Hall–Kier alpha value is 0.327. The van der Waals surface area contributed by atoms with Crippen molar-refractivity contribution in [2.45, 2.75) is 58.1 Å². The van der Waals surface area contributed by atoms with E-state index in [9.17, 15) is 5.11 Å². The molecule has 0 radical (unpaired) electrons. The van der Waals surface area contributed by atoms with Crippen LogP contribution in [-0.2, 0) is 18.0 Å². The Morgan fingerprint density at radius 3 is 2.08 bits per heavy atom. The Balaban J connectivity index is 4.03. The molecule has 0 aliphatic carbocycles. The second-order valence-electron chi connectivity index (χ2n) is 5.91. The van der Waals surface area contributed by atoms with Gasteiger partial charge in [0.05, 0.1) is 17.6 Å². The van der Waals surface area contributed by atoms with Gasteiger partial charge in [-0.25, -0.2) is 0 Å². The molecule has 0 amide bonds.